The second kappa shape index (κ2) is 13.2. The third kappa shape index (κ3) is 8.08. The van der Waals surface area contributed by atoms with E-state index >= 15 is 0 Å². The van der Waals surface area contributed by atoms with Crippen LogP contribution in [0.4, 0.5) is 11.4 Å². The van der Waals surface area contributed by atoms with E-state index in [4.69, 9.17) is 38.4 Å². The number of hydrogen-bond acceptors (Lipinski definition) is 5. The van der Waals surface area contributed by atoms with Gasteiger partial charge in [-0.15, -0.1) is 0 Å². The van der Waals surface area contributed by atoms with Gasteiger partial charge in [-0.05, 0) is 37.6 Å². The van der Waals surface area contributed by atoms with Crippen molar-refractivity contribution in [1.29, 1.82) is 0 Å². The first-order chi connectivity index (χ1) is 13.3. The minimum atomic E-state index is -1.29. The van der Waals surface area contributed by atoms with E-state index in [-0.39, 0.29) is 81.9 Å². The molecule has 0 aromatic heterocycles. The molecule has 0 radical (unpaired) electrons. The van der Waals surface area contributed by atoms with Gasteiger partial charge in [-0.1, -0.05) is 47.5 Å². The maximum Gasteiger partial charge on any atom is 1.00 e. The quantitative estimate of drug-likeness (QED) is 0.504. The molecule has 0 aliphatic rings. The number of nitrogens with one attached hydrogen (secondary N) is 2. The number of hydrogen-bond donors (Lipinski definition) is 1. The fraction of sp³-hybridized carbons (Fsp3) is 0.300. The third-order valence-electron chi connectivity index (χ3n) is 3.90. The summed E-state index contributed by atoms with van der Waals surface area (Å²) >= 11 is 12.4. The van der Waals surface area contributed by atoms with Crippen molar-refractivity contribution in [2.75, 3.05) is 11.9 Å². The topological polar surface area (TPSA) is 88.4 Å². The van der Waals surface area contributed by atoms with E-state index in [9.17, 15) is 9.59 Å². The number of rotatable bonds is 8. The van der Waals surface area contributed by atoms with Crippen LogP contribution in [0, 0.1) is 0 Å². The van der Waals surface area contributed by atoms with E-state index < -0.39 is 24.1 Å². The first-order valence-electron chi connectivity index (χ1n) is 8.69. The maximum absolute atomic E-state index is 12.3. The van der Waals surface area contributed by atoms with Crippen LogP contribution in [0.5, 0.6) is 0 Å². The molecule has 0 heterocycles. The molecule has 2 unspecified atom stereocenters. The van der Waals surface area contributed by atoms with Crippen molar-refractivity contribution in [2.45, 2.75) is 32.4 Å². The van der Waals surface area contributed by atoms with Gasteiger partial charge in [-0.2, -0.15) is 0 Å². The number of esters is 2. The van der Waals surface area contributed by atoms with Crippen LogP contribution in [0.2, 0.25) is 10.0 Å². The van der Waals surface area contributed by atoms with Crippen molar-refractivity contribution < 1.29 is 88.0 Å². The molecule has 6 nitrogen and oxygen atoms in total. The molecule has 9 heteroatoms. The van der Waals surface area contributed by atoms with Crippen LogP contribution in [-0.2, 0) is 25.5 Å². The Morgan fingerprint density at radius 1 is 1.10 bits per heavy atom. The van der Waals surface area contributed by atoms with Crippen LogP contribution in [0.15, 0.2) is 42.5 Å². The summed E-state index contributed by atoms with van der Waals surface area (Å²) in [6, 6.07) is 11.0. The minimum absolute atomic E-state index is 0. The Hall–Kier alpha value is -0.228. The Balaban J connectivity index is 0.00000420. The summed E-state index contributed by atoms with van der Waals surface area (Å²) in [5, 5.41) is 4.04. The molecule has 29 heavy (non-hydrogen) atoms. The normalized spacial score (nSPS) is 12.3. The molecule has 0 fully saturated rings. The Kier molecular flexibility index (Phi) is 12.2. The first kappa shape index (κ1) is 26.8. The Bertz CT molecular complexity index is 831. The Morgan fingerprint density at radius 3 is 2.34 bits per heavy atom. The molecule has 2 N–H and O–H groups in total. The predicted octanol–water partition coefficient (Wildman–Crippen LogP) is 2.20. The number of anilines is 2. The summed E-state index contributed by atoms with van der Waals surface area (Å²) in [5.41, 5.74) is 9.65. The second-order valence-electron chi connectivity index (χ2n) is 5.98. The Labute approximate surface area is 239 Å². The van der Waals surface area contributed by atoms with Crippen molar-refractivity contribution in [3.8, 4) is 0 Å². The predicted molar refractivity (Wildman–Crippen MR) is 110 cm³/mol. The van der Waals surface area contributed by atoms with Gasteiger partial charge in [0.05, 0.1) is 34.9 Å². The number of para-hydroxylation sites is 2. The van der Waals surface area contributed by atoms with Crippen LogP contribution in [0.3, 0.4) is 0 Å². The smallest absolute Gasteiger partial charge is 0.662 e. The number of benzene rings is 2. The third-order valence-corrected chi connectivity index (χ3v) is 4.53. The van der Waals surface area contributed by atoms with Gasteiger partial charge < -0.3 is 20.5 Å². The van der Waals surface area contributed by atoms with Crippen LogP contribution in [0.1, 0.15) is 19.4 Å². The van der Waals surface area contributed by atoms with Crippen molar-refractivity contribution >= 4 is 46.5 Å². The number of halogens is 2. The van der Waals surface area contributed by atoms with Crippen LogP contribution in [0.25, 0.3) is 5.73 Å². The fourth-order valence-corrected chi connectivity index (χ4v) is 2.94. The van der Waals surface area contributed by atoms with E-state index in [0.29, 0.717) is 27.0 Å². The molecular weight excluding hydrogens is 536 g/mol. The van der Waals surface area contributed by atoms with Crippen LogP contribution < -0.4 is 74.2 Å². The average Bonchev–Trinajstić information content (AvgIpc) is 2.65. The van der Waals surface area contributed by atoms with Gasteiger partial charge in [0, 0.05) is 11.7 Å². The zero-order chi connectivity index (χ0) is 20.7. The zero-order valence-electron chi connectivity index (χ0n) is 16.5. The van der Waals surface area contributed by atoms with E-state index in [2.05, 4.69) is 5.32 Å². The molecule has 150 valence electrons. The molecule has 2 aromatic carbocycles. The van der Waals surface area contributed by atoms with Crippen molar-refractivity contribution in [3.05, 3.63) is 63.8 Å². The standard InChI is InChI=1S/C20H21Cl2N2O4.Cs/c1-3-27-20(26)18(23)12(2)28-17(25)11-13-7-4-5-10-16(13)24-19-14(21)8-6-9-15(19)22;/h4-10,12,18,23-24H,3,11H2,1-2H3;/q-1;+1. The van der Waals surface area contributed by atoms with E-state index in [1.54, 1.807) is 43.3 Å². The molecular formula is C20H21Cl2CsN2O4. The van der Waals surface area contributed by atoms with Crippen LogP contribution in [-0.4, -0.2) is 30.7 Å². The summed E-state index contributed by atoms with van der Waals surface area (Å²) < 4.78 is 10.0. The van der Waals surface area contributed by atoms with Gasteiger partial charge in [-0.25, -0.2) is 0 Å². The van der Waals surface area contributed by atoms with Crippen molar-refractivity contribution in [1.82, 2.24) is 0 Å². The number of ether oxygens (including phenoxy) is 2. The molecule has 0 aliphatic heterocycles. The summed E-state index contributed by atoms with van der Waals surface area (Å²) in [4.78, 5) is 23.9. The average molecular weight is 557 g/mol. The van der Waals surface area contributed by atoms with Crippen molar-refractivity contribution in [3.63, 3.8) is 0 Å². The van der Waals surface area contributed by atoms with Gasteiger partial charge in [0.25, 0.3) is 5.97 Å². The van der Waals surface area contributed by atoms with Crippen LogP contribution >= 0.6 is 23.2 Å². The largest absolute Gasteiger partial charge is 1.00 e. The minimum Gasteiger partial charge on any atom is -0.662 e. The fourth-order valence-electron chi connectivity index (χ4n) is 2.44. The molecule has 0 spiro atoms. The van der Waals surface area contributed by atoms with Gasteiger partial charge >= 0.3 is 74.9 Å². The van der Waals surface area contributed by atoms with E-state index in [1.165, 1.54) is 6.92 Å². The van der Waals surface area contributed by atoms with Gasteiger partial charge in [-0.3, -0.25) is 9.59 Å². The number of carbonyl (C=O) groups is 2. The van der Waals surface area contributed by atoms with Gasteiger partial charge in [0.2, 0.25) is 0 Å². The maximum atomic E-state index is 12.3. The van der Waals surface area contributed by atoms with Crippen molar-refractivity contribution in [2.24, 2.45) is 0 Å². The first-order valence-corrected chi connectivity index (χ1v) is 9.45. The molecule has 0 amide bonds. The SMILES string of the molecule is CCOC(=O)C([NH-])C(C)OC(=O)Cc1ccccc1Nc1c(Cl)cccc1Cl.[Cs+]. The molecule has 2 atom stereocenters. The molecule has 2 aromatic rings. The zero-order valence-corrected chi connectivity index (χ0v) is 24.3. The molecule has 2 rings (SSSR count). The molecule has 0 bridgehead atoms. The molecule has 0 saturated heterocycles. The van der Waals surface area contributed by atoms with E-state index in [0.717, 1.165) is 0 Å². The van der Waals surface area contributed by atoms with Gasteiger partial charge in [0.1, 0.15) is 0 Å². The second-order valence-corrected chi connectivity index (χ2v) is 6.79. The van der Waals surface area contributed by atoms with Gasteiger partial charge in [0.15, 0.2) is 0 Å². The number of carbonyl (C=O) groups excluding carboxylic acids is 2. The summed E-state index contributed by atoms with van der Waals surface area (Å²) in [6.07, 6.45) is -0.977. The molecule has 0 aliphatic carbocycles. The summed E-state index contributed by atoms with van der Waals surface area (Å²) in [7, 11) is 0. The summed E-state index contributed by atoms with van der Waals surface area (Å²) in [5.74, 6) is -1.29. The van der Waals surface area contributed by atoms with E-state index in [1.807, 2.05) is 6.07 Å². The molecule has 0 saturated carbocycles. The monoisotopic (exact) mass is 556 g/mol. The summed E-state index contributed by atoms with van der Waals surface area (Å²) in [6.45, 7) is 3.30. The Morgan fingerprint density at radius 2 is 1.72 bits per heavy atom.